The summed E-state index contributed by atoms with van der Waals surface area (Å²) in [5.41, 5.74) is 0.726. The van der Waals surface area contributed by atoms with Gasteiger partial charge < -0.3 is 5.11 Å². The summed E-state index contributed by atoms with van der Waals surface area (Å²) in [6.07, 6.45) is -0.504. The first-order chi connectivity index (χ1) is 8.41. The molecule has 1 aromatic carbocycles. The van der Waals surface area contributed by atoms with E-state index in [-0.39, 0.29) is 11.5 Å². The van der Waals surface area contributed by atoms with Crippen LogP contribution in [0, 0.1) is 0 Å². The van der Waals surface area contributed by atoms with Crippen molar-refractivity contribution in [3.05, 3.63) is 24.3 Å². The van der Waals surface area contributed by atoms with E-state index in [1.807, 2.05) is 0 Å². The molecule has 1 heterocycles. The molecule has 0 aliphatic carbocycles. The Kier molecular flexibility index (Phi) is 3.58. The molecule has 1 fully saturated rings. The molecule has 18 heavy (non-hydrogen) atoms. The van der Waals surface area contributed by atoms with Crippen molar-refractivity contribution in [3.63, 3.8) is 0 Å². The topological polar surface area (TPSA) is 70.1 Å². The second kappa shape index (κ2) is 4.85. The van der Waals surface area contributed by atoms with Crippen molar-refractivity contribution < 1.29 is 18.4 Å². The lowest BCUT2D eigenvalue weighted by Crippen LogP contribution is -2.23. The molecular weight excluding hydrogens is 256 g/mol. The molecule has 0 spiro atoms. The Labute approximate surface area is 106 Å². The van der Waals surface area contributed by atoms with E-state index >= 15 is 0 Å². The molecule has 1 N–H and O–H groups in total. The molecule has 1 aliphatic rings. The number of nitrogens with zero attached hydrogens (tertiary/aromatic N) is 2. The summed E-state index contributed by atoms with van der Waals surface area (Å²) >= 11 is 0. The number of hydroxylamine groups is 1. The third kappa shape index (κ3) is 2.49. The standard InChI is InChI=1S/C11H16N2O4S/c1-12(2)18(15,16)11-5-3-9(4-6-11)13-7-10(14)8-17-13/h3-6,10,14H,7-8H2,1-2H3. The maximum atomic E-state index is 11.9. The number of anilines is 1. The molecule has 6 nitrogen and oxygen atoms in total. The van der Waals surface area contributed by atoms with E-state index in [1.54, 1.807) is 17.2 Å². The fourth-order valence-corrected chi connectivity index (χ4v) is 2.55. The summed E-state index contributed by atoms with van der Waals surface area (Å²) in [5, 5.41) is 10.9. The third-order valence-corrected chi connectivity index (χ3v) is 4.53. The quantitative estimate of drug-likeness (QED) is 0.842. The highest BCUT2D eigenvalue weighted by molar-refractivity contribution is 7.89. The van der Waals surface area contributed by atoms with Gasteiger partial charge in [-0.25, -0.2) is 12.7 Å². The van der Waals surface area contributed by atoms with Gasteiger partial charge in [0.1, 0.15) is 6.61 Å². The minimum Gasteiger partial charge on any atom is -0.389 e. The van der Waals surface area contributed by atoms with E-state index in [1.165, 1.54) is 26.2 Å². The van der Waals surface area contributed by atoms with Gasteiger partial charge in [-0.1, -0.05) is 0 Å². The highest BCUT2D eigenvalue weighted by atomic mass is 32.2. The Morgan fingerprint density at radius 1 is 1.33 bits per heavy atom. The van der Waals surface area contributed by atoms with Crippen LogP contribution in [0.1, 0.15) is 0 Å². The van der Waals surface area contributed by atoms with Gasteiger partial charge in [-0.2, -0.15) is 0 Å². The largest absolute Gasteiger partial charge is 0.389 e. The first-order valence-electron chi connectivity index (χ1n) is 5.52. The SMILES string of the molecule is CN(C)S(=O)(=O)c1ccc(N2CC(O)CO2)cc1. The van der Waals surface area contributed by atoms with Crippen molar-refractivity contribution in [2.75, 3.05) is 32.3 Å². The van der Waals surface area contributed by atoms with Crippen molar-refractivity contribution in [3.8, 4) is 0 Å². The molecule has 1 aliphatic heterocycles. The van der Waals surface area contributed by atoms with Crippen LogP contribution in [0.3, 0.4) is 0 Å². The van der Waals surface area contributed by atoms with Crippen LogP contribution in [0.2, 0.25) is 0 Å². The van der Waals surface area contributed by atoms with Crippen molar-refractivity contribution in [1.29, 1.82) is 0 Å². The van der Waals surface area contributed by atoms with Gasteiger partial charge >= 0.3 is 0 Å². The Bertz CT molecular complexity index is 512. The summed E-state index contributed by atoms with van der Waals surface area (Å²) in [4.78, 5) is 5.48. The van der Waals surface area contributed by atoms with Gasteiger partial charge in [0.2, 0.25) is 10.0 Å². The Balaban J connectivity index is 2.21. The summed E-state index contributed by atoms with van der Waals surface area (Å²) < 4.78 is 24.9. The number of β-amino-alcohol motifs (C(OH)–C–C–N with tert-alkyl or cyclic N) is 1. The van der Waals surface area contributed by atoms with E-state index in [4.69, 9.17) is 4.84 Å². The number of aliphatic hydroxyl groups is 1. The number of hydrogen-bond acceptors (Lipinski definition) is 5. The van der Waals surface area contributed by atoms with E-state index in [0.29, 0.717) is 6.54 Å². The van der Waals surface area contributed by atoms with Crippen LogP contribution < -0.4 is 5.06 Å². The van der Waals surface area contributed by atoms with E-state index in [0.717, 1.165) is 9.99 Å². The highest BCUT2D eigenvalue weighted by Crippen LogP contribution is 2.22. The molecule has 0 radical (unpaired) electrons. The van der Waals surface area contributed by atoms with E-state index in [2.05, 4.69) is 0 Å². The van der Waals surface area contributed by atoms with Gasteiger partial charge in [0, 0.05) is 14.1 Å². The molecule has 1 saturated heterocycles. The second-order valence-corrected chi connectivity index (χ2v) is 6.44. The molecule has 1 unspecified atom stereocenters. The average Bonchev–Trinajstić information content (AvgIpc) is 2.76. The van der Waals surface area contributed by atoms with E-state index < -0.39 is 16.1 Å². The van der Waals surface area contributed by atoms with Gasteiger partial charge in [-0.05, 0) is 24.3 Å². The fourth-order valence-electron chi connectivity index (χ4n) is 1.65. The summed E-state index contributed by atoms with van der Waals surface area (Å²) in [5.74, 6) is 0. The monoisotopic (exact) mass is 272 g/mol. The van der Waals surface area contributed by atoms with Crippen LogP contribution >= 0.6 is 0 Å². The number of hydrogen-bond donors (Lipinski definition) is 1. The second-order valence-electron chi connectivity index (χ2n) is 4.29. The zero-order valence-electron chi connectivity index (χ0n) is 10.3. The molecule has 1 atom stereocenters. The highest BCUT2D eigenvalue weighted by Gasteiger charge is 2.23. The number of benzene rings is 1. The van der Waals surface area contributed by atoms with Gasteiger partial charge in [-0.3, -0.25) is 9.90 Å². The van der Waals surface area contributed by atoms with Crippen molar-refractivity contribution >= 4 is 15.7 Å². The van der Waals surface area contributed by atoms with Gasteiger partial charge in [0.05, 0.1) is 23.2 Å². The van der Waals surface area contributed by atoms with Crippen LogP contribution in [0.5, 0.6) is 0 Å². The Morgan fingerprint density at radius 3 is 2.39 bits per heavy atom. The lowest BCUT2D eigenvalue weighted by molar-refractivity contribution is 0.116. The predicted molar refractivity (Wildman–Crippen MR) is 66.6 cm³/mol. The normalized spacial score (nSPS) is 20.7. The van der Waals surface area contributed by atoms with Crippen LogP contribution in [0.15, 0.2) is 29.2 Å². The van der Waals surface area contributed by atoms with Crippen molar-refractivity contribution in [2.45, 2.75) is 11.0 Å². The number of aliphatic hydroxyl groups excluding tert-OH is 1. The van der Waals surface area contributed by atoms with Crippen molar-refractivity contribution in [2.24, 2.45) is 0 Å². The molecule has 0 bridgehead atoms. The zero-order chi connectivity index (χ0) is 13.3. The summed E-state index contributed by atoms with van der Waals surface area (Å²) in [6.45, 7) is 0.650. The third-order valence-electron chi connectivity index (χ3n) is 2.70. The molecule has 100 valence electrons. The first kappa shape index (κ1) is 13.3. The van der Waals surface area contributed by atoms with Crippen LogP contribution in [-0.4, -0.2) is 51.2 Å². The van der Waals surface area contributed by atoms with Gasteiger partial charge in [0.15, 0.2) is 0 Å². The molecule has 7 heteroatoms. The first-order valence-corrected chi connectivity index (χ1v) is 6.96. The molecule has 0 saturated carbocycles. The maximum absolute atomic E-state index is 11.9. The number of sulfonamides is 1. The molecule has 2 rings (SSSR count). The lowest BCUT2D eigenvalue weighted by Gasteiger charge is -2.17. The molecule has 1 aromatic rings. The van der Waals surface area contributed by atoms with Crippen LogP contribution in [0.4, 0.5) is 5.69 Å². The van der Waals surface area contributed by atoms with Gasteiger partial charge in [-0.15, -0.1) is 0 Å². The summed E-state index contributed by atoms with van der Waals surface area (Å²) in [6, 6.07) is 6.38. The van der Waals surface area contributed by atoms with Crippen LogP contribution in [-0.2, 0) is 14.9 Å². The lowest BCUT2D eigenvalue weighted by atomic mass is 10.3. The zero-order valence-corrected chi connectivity index (χ0v) is 11.1. The number of rotatable bonds is 3. The molecule has 0 amide bonds. The molecule has 0 aromatic heterocycles. The van der Waals surface area contributed by atoms with Gasteiger partial charge in [0.25, 0.3) is 0 Å². The Hall–Kier alpha value is -1.15. The minimum atomic E-state index is -3.40. The minimum absolute atomic E-state index is 0.232. The van der Waals surface area contributed by atoms with Crippen molar-refractivity contribution in [1.82, 2.24) is 4.31 Å². The van der Waals surface area contributed by atoms with E-state index in [9.17, 15) is 13.5 Å². The Morgan fingerprint density at radius 2 is 1.94 bits per heavy atom. The predicted octanol–water partition coefficient (Wildman–Crippen LogP) is 0.0494. The van der Waals surface area contributed by atoms with Crippen LogP contribution in [0.25, 0.3) is 0 Å². The maximum Gasteiger partial charge on any atom is 0.242 e. The smallest absolute Gasteiger partial charge is 0.242 e. The average molecular weight is 272 g/mol. The fraction of sp³-hybridized carbons (Fsp3) is 0.455. The summed E-state index contributed by atoms with van der Waals surface area (Å²) in [7, 11) is -0.425. The molecular formula is C11H16N2O4S.